The first-order chi connectivity index (χ1) is 12.6. The lowest BCUT2D eigenvalue weighted by Crippen LogP contribution is -2.56. The predicted molar refractivity (Wildman–Crippen MR) is 101 cm³/mol. The van der Waals surface area contributed by atoms with E-state index < -0.39 is 21.2 Å². The van der Waals surface area contributed by atoms with Crippen molar-refractivity contribution in [2.24, 2.45) is 5.41 Å². The van der Waals surface area contributed by atoms with Gasteiger partial charge in [-0.05, 0) is 24.3 Å². The first-order valence-electron chi connectivity index (χ1n) is 9.20. The van der Waals surface area contributed by atoms with Crippen LogP contribution in [0.2, 0.25) is 0 Å². The van der Waals surface area contributed by atoms with Crippen LogP contribution in [0.4, 0.5) is 0 Å². The molecule has 0 radical (unpaired) electrons. The lowest BCUT2D eigenvalue weighted by Gasteiger charge is -2.44. The van der Waals surface area contributed by atoms with Crippen LogP contribution in [-0.4, -0.2) is 62.6 Å². The molecule has 0 unspecified atom stereocenters. The number of carbonyl (C=O) groups is 1. The predicted octanol–water partition coefficient (Wildman–Crippen LogP) is 2.08. The molecule has 150 valence electrons. The van der Waals surface area contributed by atoms with E-state index in [-0.39, 0.29) is 10.8 Å². The Kier molecular flexibility index (Phi) is 5.26. The summed E-state index contributed by atoms with van der Waals surface area (Å²) in [7, 11) is -2.15. The topological polar surface area (TPSA) is 76.2 Å². The van der Waals surface area contributed by atoms with E-state index in [4.69, 9.17) is 9.47 Å². The third-order valence-corrected chi connectivity index (χ3v) is 7.20. The Bertz CT molecular complexity index is 790. The van der Waals surface area contributed by atoms with E-state index >= 15 is 0 Å². The SMILES string of the molecule is COc1ccc(S(=O)(=O)N2CCOC23CCN(C(=O)C(C)(C)C)CC3)cc1. The number of likely N-dealkylation sites (tertiary alicyclic amines) is 1. The van der Waals surface area contributed by atoms with Crippen molar-refractivity contribution in [2.75, 3.05) is 33.4 Å². The van der Waals surface area contributed by atoms with Crippen molar-refractivity contribution >= 4 is 15.9 Å². The molecular formula is C19H28N2O5S. The minimum atomic E-state index is -3.69. The van der Waals surface area contributed by atoms with Crippen molar-refractivity contribution in [3.05, 3.63) is 24.3 Å². The van der Waals surface area contributed by atoms with E-state index in [0.717, 1.165) is 0 Å². The van der Waals surface area contributed by atoms with Crippen LogP contribution in [0, 0.1) is 5.41 Å². The van der Waals surface area contributed by atoms with Crippen LogP contribution in [0.1, 0.15) is 33.6 Å². The van der Waals surface area contributed by atoms with E-state index in [1.165, 1.54) is 4.31 Å². The maximum atomic E-state index is 13.2. The fraction of sp³-hybridized carbons (Fsp3) is 0.632. The van der Waals surface area contributed by atoms with Crippen LogP contribution >= 0.6 is 0 Å². The number of carbonyl (C=O) groups excluding carboxylic acids is 1. The molecule has 2 aliphatic heterocycles. The molecule has 1 aromatic carbocycles. The summed E-state index contributed by atoms with van der Waals surface area (Å²) in [6, 6.07) is 6.39. The van der Waals surface area contributed by atoms with Gasteiger partial charge >= 0.3 is 0 Å². The van der Waals surface area contributed by atoms with Crippen molar-refractivity contribution in [1.29, 1.82) is 0 Å². The number of amides is 1. The summed E-state index contributed by atoms with van der Waals surface area (Å²) >= 11 is 0. The van der Waals surface area contributed by atoms with Gasteiger partial charge in [0.2, 0.25) is 15.9 Å². The summed E-state index contributed by atoms with van der Waals surface area (Å²) in [4.78, 5) is 14.6. The Morgan fingerprint density at radius 1 is 1.11 bits per heavy atom. The van der Waals surface area contributed by atoms with Crippen LogP contribution in [0.5, 0.6) is 5.75 Å². The smallest absolute Gasteiger partial charge is 0.245 e. The molecule has 27 heavy (non-hydrogen) atoms. The number of ether oxygens (including phenoxy) is 2. The van der Waals surface area contributed by atoms with Gasteiger partial charge in [0.25, 0.3) is 0 Å². The first-order valence-corrected chi connectivity index (χ1v) is 10.6. The van der Waals surface area contributed by atoms with Gasteiger partial charge in [-0.15, -0.1) is 0 Å². The van der Waals surface area contributed by atoms with Gasteiger partial charge in [0, 0.05) is 37.9 Å². The molecule has 0 saturated carbocycles. The van der Waals surface area contributed by atoms with E-state index in [1.54, 1.807) is 31.4 Å². The fourth-order valence-corrected chi connectivity index (χ4v) is 5.46. The summed E-state index contributed by atoms with van der Waals surface area (Å²) in [5.74, 6) is 0.690. The lowest BCUT2D eigenvalue weighted by molar-refractivity contribution is -0.147. The summed E-state index contributed by atoms with van der Waals surface area (Å²) in [5, 5.41) is 0. The number of hydrogen-bond donors (Lipinski definition) is 0. The standard InChI is InChI=1S/C19H28N2O5S/c1-18(2,3)17(22)20-11-9-19(10-12-20)21(13-14-26-19)27(23,24)16-7-5-15(25-4)6-8-16/h5-8H,9-14H2,1-4H3. The zero-order chi connectivity index (χ0) is 19.9. The third-order valence-electron chi connectivity index (χ3n) is 5.24. The summed E-state index contributed by atoms with van der Waals surface area (Å²) in [6.07, 6.45) is 0.953. The molecule has 0 N–H and O–H groups in total. The maximum absolute atomic E-state index is 13.2. The number of sulfonamides is 1. The zero-order valence-corrected chi connectivity index (χ0v) is 17.2. The second-order valence-corrected chi connectivity index (χ2v) is 9.95. The number of methoxy groups -OCH3 is 1. The summed E-state index contributed by atoms with van der Waals surface area (Å²) < 4.78 is 38.9. The molecule has 7 nitrogen and oxygen atoms in total. The van der Waals surface area contributed by atoms with Gasteiger partial charge in [-0.25, -0.2) is 8.42 Å². The maximum Gasteiger partial charge on any atom is 0.245 e. The van der Waals surface area contributed by atoms with Gasteiger partial charge in [-0.1, -0.05) is 20.8 Å². The van der Waals surface area contributed by atoms with Gasteiger partial charge in [0.15, 0.2) is 0 Å². The number of rotatable bonds is 3. The van der Waals surface area contributed by atoms with Crippen LogP contribution in [0.3, 0.4) is 0 Å². The average molecular weight is 397 g/mol. The molecular weight excluding hydrogens is 368 g/mol. The van der Waals surface area contributed by atoms with Gasteiger partial charge < -0.3 is 14.4 Å². The van der Waals surface area contributed by atoms with E-state index in [2.05, 4.69) is 0 Å². The molecule has 1 spiro atoms. The quantitative estimate of drug-likeness (QED) is 0.782. The van der Waals surface area contributed by atoms with E-state index in [1.807, 2.05) is 25.7 Å². The molecule has 2 saturated heterocycles. The molecule has 8 heteroatoms. The van der Waals surface area contributed by atoms with Gasteiger partial charge in [0.1, 0.15) is 11.5 Å². The van der Waals surface area contributed by atoms with Crippen LogP contribution in [-0.2, 0) is 19.6 Å². The first kappa shape index (κ1) is 20.1. The van der Waals surface area contributed by atoms with Gasteiger partial charge in [0.05, 0.1) is 18.6 Å². The zero-order valence-electron chi connectivity index (χ0n) is 16.4. The molecule has 0 aromatic heterocycles. The Hall–Kier alpha value is -1.64. The monoisotopic (exact) mass is 396 g/mol. The molecule has 0 atom stereocenters. The van der Waals surface area contributed by atoms with E-state index in [9.17, 15) is 13.2 Å². The Morgan fingerprint density at radius 2 is 1.70 bits per heavy atom. The highest BCUT2D eigenvalue weighted by Crippen LogP contribution is 2.39. The molecule has 0 aliphatic carbocycles. The number of piperidine rings is 1. The van der Waals surface area contributed by atoms with Crippen molar-refractivity contribution in [3.8, 4) is 5.75 Å². The van der Waals surface area contributed by atoms with Crippen molar-refractivity contribution in [1.82, 2.24) is 9.21 Å². The molecule has 3 rings (SSSR count). The fourth-order valence-electron chi connectivity index (χ4n) is 3.74. The normalized spacial score (nSPS) is 20.8. The minimum absolute atomic E-state index is 0.0832. The average Bonchev–Trinajstić information content (AvgIpc) is 3.05. The van der Waals surface area contributed by atoms with Crippen molar-refractivity contribution < 1.29 is 22.7 Å². The molecule has 2 heterocycles. The minimum Gasteiger partial charge on any atom is -0.497 e. The highest BCUT2D eigenvalue weighted by atomic mass is 32.2. The molecule has 2 aliphatic rings. The summed E-state index contributed by atoms with van der Waals surface area (Å²) in [5.41, 5.74) is -1.32. The Balaban J connectivity index is 1.80. The number of hydrogen-bond acceptors (Lipinski definition) is 5. The molecule has 0 bridgehead atoms. The molecule has 1 amide bonds. The van der Waals surface area contributed by atoms with Gasteiger partial charge in [-0.2, -0.15) is 4.31 Å². The third kappa shape index (κ3) is 3.70. The summed E-state index contributed by atoms with van der Waals surface area (Å²) in [6.45, 7) is 7.35. The largest absolute Gasteiger partial charge is 0.497 e. The molecule has 2 fully saturated rings. The Labute approximate surface area is 161 Å². The second kappa shape index (κ2) is 7.07. The Morgan fingerprint density at radius 3 is 2.22 bits per heavy atom. The van der Waals surface area contributed by atoms with Crippen molar-refractivity contribution in [3.63, 3.8) is 0 Å². The van der Waals surface area contributed by atoms with Crippen LogP contribution in [0.15, 0.2) is 29.2 Å². The van der Waals surface area contributed by atoms with Crippen LogP contribution < -0.4 is 4.74 Å². The van der Waals surface area contributed by atoms with E-state index in [0.29, 0.717) is 44.8 Å². The molecule has 1 aromatic rings. The van der Waals surface area contributed by atoms with Crippen molar-refractivity contribution in [2.45, 2.75) is 44.2 Å². The van der Waals surface area contributed by atoms with Gasteiger partial charge in [-0.3, -0.25) is 4.79 Å². The second-order valence-electron chi connectivity index (χ2n) is 8.09. The highest BCUT2D eigenvalue weighted by Gasteiger charge is 2.51. The highest BCUT2D eigenvalue weighted by molar-refractivity contribution is 7.89. The number of nitrogens with zero attached hydrogens (tertiary/aromatic N) is 2. The van der Waals surface area contributed by atoms with Crippen LogP contribution in [0.25, 0.3) is 0 Å². The lowest BCUT2D eigenvalue weighted by atomic mass is 9.92. The number of benzene rings is 1.